The quantitative estimate of drug-likeness (QED) is 0.411. The van der Waals surface area contributed by atoms with Crippen LogP contribution in [-0.2, 0) is 0 Å². The van der Waals surface area contributed by atoms with Crippen LogP contribution in [0.3, 0.4) is 0 Å². The van der Waals surface area contributed by atoms with Crippen LogP contribution in [0, 0.1) is 57.2 Å². The molecule has 5 fully saturated rings. The molecule has 5 aliphatic carbocycles. The molecule has 5 saturated carbocycles. The molecule has 0 radical (unpaired) electrons. The molecule has 1 N–H and O–H groups in total. The molecule has 0 aliphatic heterocycles. The molecule has 0 aromatic heterocycles. The summed E-state index contributed by atoms with van der Waals surface area (Å²) in [5.74, 6) is 4.76. The number of hydrogen-bond acceptors (Lipinski definition) is 1. The third-order valence-corrected chi connectivity index (χ3v) is 13.6. The van der Waals surface area contributed by atoms with Crippen LogP contribution in [0.1, 0.15) is 119 Å². The maximum atomic E-state index is 10.6. The van der Waals surface area contributed by atoms with Crippen molar-refractivity contribution in [3.8, 4) is 0 Å². The second-order valence-electron chi connectivity index (χ2n) is 14.2. The first kappa shape index (κ1) is 23.4. The van der Waals surface area contributed by atoms with Gasteiger partial charge in [0, 0.05) is 0 Å². The van der Waals surface area contributed by atoms with Crippen molar-refractivity contribution in [3.05, 3.63) is 12.2 Å². The van der Waals surface area contributed by atoms with E-state index in [-0.39, 0.29) is 6.10 Å². The fourth-order valence-electron chi connectivity index (χ4n) is 11.4. The molecule has 2 spiro atoms. The van der Waals surface area contributed by atoms with E-state index in [4.69, 9.17) is 0 Å². The highest BCUT2D eigenvalue weighted by atomic mass is 16.3. The van der Waals surface area contributed by atoms with Crippen LogP contribution < -0.4 is 0 Å². The van der Waals surface area contributed by atoms with E-state index in [1.54, 1.807) is 0 Å². The lowest BCUT2D eigenvalue weighted by Gasteiger charge is -2.62. The smallest absolute Gasteiger partial charge is 0.0568 e. The fraction of sp³-hybridized carbons (Fsp3) is 0.935. The largest absolute Gasteiger partial charge is 0.393 e. The van der Waals surface area contributed by atoms with E-state index in [1.807, 2.05) is 0 Å². The number of fused-ring (bicyclic) bond motifs is 2. The molecular formula is C31H52O. The number of aliphatic hydroxyl groups is 1. The van der Waals surface area contributed by atoms with Crippen molar-refractivity contribution in [3.63, 3.8) is 0 Å². The Labute approximate surface area is 199 Å². The van der Waals surface area contributed by atoms with Gasteiger partial charge >= 0.3 is 0 Å². The SMILES string of the molecule is C=C(C)[C@H](CC)CC[C@@H](C)[C@H]1CCC2(C)[C@@H]3CC[C@H]4[C@H](C)[C@@H](O)CCC45CC35CC[C@]12C. The first-order valence-electron chi connectivity index (χ1n) is 14.4. The Balaban J connectivity index is 1.36. The second kappa shape index (κ2) is 7.60. The van der Waals surface area contributed by atoms with E-state index in [1.165, 1.54) is 76.2 Å². The van der Waals surface area contributed by atoms with Gasteiger partial charge in [-0.1, -0.05) is 46.8 Å². The van der Waals surface area contributed by atoms with Crippen molar-refractivity contribution in [2.75, 3.05) is 0 Å². The number of aliphatic hydroxyl groups excluding tert-OH is 1. The Bertz CT molecular complexity index is 756. The Morgan fingerprint density at radius 1 is 0.969 bits per heavy atom. The van der Waals surface area contributed by atoms with Crippen LogP contribution in [0.2, 0.25) is 0 Å². The van der Waals surface area contributed by atoms with Gasteiger partial charge in [-0.3, -0.25) is 0 Å². The van der Waals surface area contributed by atoms with Gasteiger partial charge < -0.3 is 5.11 Å². The molecule has 0 saturated heterocycles. The van der Waals surface area contributed by atoms with Crippen LogP contribution in [0.15, 0.2) is 12.2 Å². The van der Waals surface area contributed by atoms with E-state index < -0.39 is 0 Å². The zero-order valence-electron chi connectivity index (χ0n) is 22.2. The first-order chi connectivity index (χ1) is 15.1. The molecule has 0 aromatic rings. The summed E-state index contributed by atoms with van der Waals surface area (Å²) in [6.45, 7) is 19.3. The lowest BCUT2D eigenvalue weighted by atomic mass is 9.43. The second-order valence-corrected chi connectivity index (χ2v) is 14.2. The van der Waals surface area contributed by atoms with Gasteiger partial charge in [0.1, 0.15) is 0 Å². The summed E-state index contributed by atoms with van der Waals surface area (Å²) < 4.78 is 0. The average molecular weight is 441 g/mol. The summed E-state index contributed by atoms with van der Waals surface area (Å²) in [4.78, 5) is 0. The molecular weight excluding hydrogens is 388 g/mol. The Kier molecular flexibility index (Phi) is 5.57. The molecule has 0 bridgehead atoms. The van der Waals surface area contributed by atoms with Gasteiger partial charge in [-0.15, -0.1) is 0 Å². The van der Waals surface area contributed by atoms with Crippen LogP contribution in [0.5, 0.6) is 0 Å². The third kappa shape index (κ3) is 2.85. The van der Waals surface area contributed by atoms with E-state index in [2.05, 4.69) is 48.1 Å². The predicted molar refractivity (Wildman–Crippen MR) is 135 cm³/mol. The number of rotatable bonds is 6. The van der Waals surface area contributed by atoms with E-state index >= 15 is 0 Å². The van der Waals surface area contributed by atoms with E-state index in [9.17, 15) is 5.11 Å². The van der Waals surface area contributed by atoms with E-state index in [0.29, 0.717) is 27.6 Å². The minimum Gasteiger partial charge on any atom is -0.393 e. The first-order valence-corrected chi connectivity index (χ1v) is 14.4. The molecule has 1 nitrogen and oxygen atoms in total. The van der Waals surface area contributed by atoms with Gasteiger partial charge in [0.15, 0.2) is 0 Å². The Morgan fingerprint density at radius 3 is 2.41 bits per heavy atom. The highest BCUT2D eigenvalue weighted by Crippen LogP contribution is 2.88. The normalized spacial score (nSPS) is 53.4. The molecule has 11 atom stereocenters. The molecule has 182 valence electrons. The monoisotopic (exact) mass is 440 g/mol. The van der Waals surface area contributed by atoms with Gasteiger partial charge in [0.25, 0.3) is 0 Å². The molecule has 0 amide bonds. The van der Waals surface area contributed by atoms with E-state index in [0.717, 1.165) is 36.0 Å². The topological polar surface area (TPSA) is 20.2 Å². The van der Waals surface area contributed by atoms with Gasteiger partial charge in [0.2, 0.25) is 0 Å². The highest BCUT2D eigenvalue weighted by molar-refractivity contribution is 5.29. The minimum absolute atomic E-state index is 0.0351. The minimum atomic E-state index is -0.0351. The van der Waals surface area contributed by atoms with Crippen molar-refractivity contribution in [1.29, 1.82) is 0 Å². The van der Waals surface area contributed by atoms with Crippen molar-refractivity contribution >= 4 is 0 Å². The molecule has 32 heavy (non-hydrogen) atoms. The third-order valence-electron chi connectivity index (χ3n) is 13.6. The van der Waals surface area contributed by atoms with Crippen LogP contribution in [0.25, 0.3) is 0 Å². The van der Waals surface area contributed by atoms with Crippen molar-refractivity contribution in [2.45, 2.75) is 125 Å². The van der Waals surface area contributed by atoms with Crippen LogP contribution in [0.4, 0.5) is 0 Å². The lowest BCUT2D eigenvalue weighted by Crippen LogP contribution is -2.55. The lowest BCUT2D eigenvalue weighted by molar-refractivity contribution is -0.143. The standard InChI is InChI=1S/C31H52O/c1-8-23(20(2)3)10-9-21(4)24-13-15-29(7)27-12-11-25-22(5)26(32)14-16-30(25)19-31(27,30)18-17-28(24,29)6/h21-27,32H,2,8-19H2,1,3-7H3/t21-,22+,23-,24-,25+,26+,27+,28-,29?,30?,31?/m1/s1. The maximum Gasteiger partial charge on any atom is 0.0568 e. The number of allylic oxidation sites excluding steroid dienone is 1. The zero-order chi connectivity index (χ0) is 23.1. The van der Waals surface area contributed by atoms with Crippen LogP contribution in [-0.4, -0.2) is 11.2 Å². The summed E-state index contributed by atoms with van der Waals surface area (Å²) in [5, 5.41) is 10.6. The van der Waals surface area contributed by atoms with Crippen LogP contribution >= 0.6 is 0 Å². The molecule has 0 aromatic carbocycles. The molecule has 1 heteroatoms. The van der Waals surface area contributed by atoms with Gasteiger partial charge in [0.05, 0.1) is 6.10 Å². The van der Waals surface area contributed by atoms with Gasteiger partial charge in [-0.2, -0.15) is 0 Å². The number of hydrogen-bond donors (Lipinski definition) is 1. The van der Waals surface area contributed by atoms with Crippen molar-refractivity contribution in [1.82, 2.24) is 0 Å². The Morgan fingerprint density at radius 2 is 1.72 bits per heavy atom. The molecule has 5 aliphatic rings. The van der Waals surface area contributed by atoms with Gasteiger partial charge in [-0.05, 0) is 141 Å². The summed E-state index contributed by atoms with van der Waals surface area (Å²) in [6.07, 6.45) is 16.6. The molecule has 5 rings (SSSR count). The zero-order valence-corrected chi connectivity index (χ0v) is 22.2. The van der Waals surface area contributed by atoms with Crippen molar-refractivity contribution < 1.29 is 5.11 Å². The Hall–Kier alpha value is -0.300. The fourth-order valence-corrected chi connectivity index (χ4v) is 11.4. The highest BCUT2D eigenvalue weighted by Gasteiger charge is 2.81. The summed E-state index contributed by atoms with van der Waals surface area (Å²) in [5.41, 5.74) is 3.71. The van der Waals surface area contributed by atoms with Gasteiger partial charge in [-0.25, -0.2) is 0 Å². The summed E-state index contributed by atoms with van der Waals surface area (Å²) in [7, 11) is 0. The molecule has 0 heterocycles. The average Bonchev–Trinajstić information content (AvgIpc) is 3.33. The predicted octanol–water partition coefficient (Wildman–Crippen LogP) is 8.41. The molecule has 3 unspecified atom stereocenters. The summed E-state index contributed by atoms with van der Waals surface area (Å²) >= 11 is 0. The summed E-state index contributed by atoms with van der Waals surface area (Å²) in [6, 6.07) is 0. The maximum absolute atomic E-state index is 10.6. The van der Waals surface area contributed by atoms with Crippen molar-refractivity contribution in [2.24, 2.45) is 57.2 Å².